The summed E-state index contributed by atoms with van der Waals surface area (Å²) in [5, 5.41) is 2.22. The average Bonchev–Trinajstić information content (AvgIpc) is 3.10. The lowest BCUT2D eigenvalue weighted by atomic mass is 10.2. The fourth-order valence-corrected chi connectivity index (χ4v) is 2.41. The molecule has 0 saturated heterocycles. The molecule has 2 aromatic heterocycles. The maximum Gasteiger partial charge on any atom is 0.244 e. The summed E-state index contributed by atoms with van der Waals surface area (Å²) in [7, 11) is 0. The quantitative estimate of drug-likeness (QED) is 0.693. The minimum Gasteiger partial charge on any atom is -0.322 e. The van der Waals surface area contributed by atoms with Crippen LogP contribution in [0.2, 0.25) is 0 Å². The number of carbonyl (C=O) groups excluding carboxylic acids is 1. The second-order valence-electron chi connectivity index (χ2n) is 6.10. The number of nitrogens with one attached hydrogen (secondary N) is 1. The van der Waals surface area contributed by atoms with Crippen LogP contribution in [0.15, 0.2) is 36.8 Å². The molecule has 27 heavy (non-hydrogen) atoms. The minimum atomic E-state index is -1.64. The van der Waals surface area contributed by atoms with Gasteiger partial charge in [0.15, 0.2) is 23.3 Å². The van der Waals surface area contributed by atoms with Gasteiger partial charge in [-0.25, -0.2) is 28.1 Å². The van der Waals surface area contributed by atoms with Gasteiger partial charge in [0.05, 0.1) is 5.69 Å². The number of aromatic nitrogens is 4. The summed E-state index contributed by atoms with van der Waals surface area (Å²) in [5.41, 5.74) is 0.0928. The van der Waals surface area contributed by atoms with E-state index in [1.54, 1.807) is 18.5 Å². The predicted molar refractivity (Wildman–Crippen MR) is 92.3 cm³/mol. The Labute approximate surface area is 153 Å². The van der Waals surface area contributed by atoms with E-state index in [1.165, 1.54) is 10.8 Å². The summed E-state index contributed by atoms with van der Waals surface area (Å²) in [6, 6.07) is 3.36. The number of hydrogen-bond acceptors (Lipinski definition) is 4. The van der Waals surface area contributed by atoms with Crippen LogP contribution >= 0.6 is 0 Å². The van der Waals surface area contributed by atoms with E-state index < -0.39 is 29.0 Å². The maximum absolute atomic E-state index is 13.7. The van der Waals surface area contributed by atoms with Crippen molar-refractivity contribution in [2.24, 2.45) is 0 Å². The van der Waals surface area contributed by atoms with Crippen molar-refractivity contribution in [2.45, 2.75) is 26.3 Å². The Morgan fingerprint density at radius 3 is 2.63 bits per heavy atom. The molecule has 3 aromatic rings. The minimum absolute atomic E-state index is 0.119. The molecule has 2 heterocycles. The molecular weight excluding hydrogens is 359 g/mol. The summed E-state index contributed by atoms with van der Waals surface area (Å²) < 4.78 is 41.5. The Morgan fingerprint density at radius 1 is 1.11 bits per heavy atom. The molecule has 0 atom stereocenters. The van der Waals surface area contributed by atoms with Gasteiger partial charge in [-0.1, -0.05) is 13.8 Å². The van der Waals surface area contributed by atoms with Gasteiger partial charge in [0.2, 0.25) is 5.91 Å². The zero-order valence-corrected chi connectivity index (χ0v) is 14.6. The molecule has 0 aliphatic carbocycles. The number of benzene rings is 1. The van der Waals surface area contributed by atoms with Crippen molar-refractivity contribution in [3.05, 3.63) is 60.1 Å². The Bertz CT molecular complexity index is 987. The Kier molecular flexibility index (Phi) is 5.20. The summed E-state index contributed by atoms with van der Waals surface area (Å²) in [6.45, 7) is 3.69. The molecule has 0 unspecified atom stereocenters. The average molecular weight is 375 g/mol. The van der Waals surface area contributed by atoms with Gasteiger partial charge in [0, 0.05) is 24.5 Å². The molecule has 0 fully saturated rings. The van der Waals surface area contributed by atoms with E-state index in [0.717, 1.165) is 12.1 Å². The Balaban J connectivity index is 1.80. The van der Waals surface area contributed by atoms with Gasteiger partial charge in [0.25, 0.3) is 0 Å². The van der Waals surface area contributed by atoms with Gasteiger partial charge in [-0.2, -0.15) is 0 Å². The predicted octanol–water partition coefficient (Wildman–Crippen LogP) is 3.52. The zero-order chi connectivity index (χ0) is 19.6. The van der Waals surface area contributed by atoms with Crippen LogP contribution in [-0.4, -0.2) is 25.4 Å². The van der Waals surface area contributed by atoms with Crippen molar-refractivity contribution in [3.63, 3.8) is 0 Å². The number of anilines is 1. The summed E-state index contributed by atoms with van der Waals surface area (Å²) in [6.07, 6.45) is 4.67. The first kappa shape index (κ1) is 18.6. The Morgan fingerprint density at radius 2 is 1.89 bits per heavy atom. The highest BCUT2D eigenvalue weighted by atomic mass is 19.2. The molecule has 0 bridgehead atoms. The van der Waals surface area contributed by atoms with Crippen molar-refractivity contribution in [2.75, 3.05) is 5.32 Å². The molecular formula is C18H16F3N5O. The highest BCUT2D eigenvalue weighted by molar-refractivity contribution is 5.90. The molecule has 0 saturated carbocycles. The van der Waals surface area contributed by atoms with E-state index in [2.05, 4.69) is 20.3 Å². The van der Waals surface area contributed by atoms with Crippen molar-refractivity contribution in [1.29, 1.82) is 0 Å². The van der Waals surface area contributed by atoms with E-state index in [9.17, 15) is 18.0 Å². The molecule has 3 rings (SSSR count). The standard InChI is InChI=1S/C18H16F3N5O/c1-10(2)17-22-6-5-13(25-17)18-23-7-8-26(18)9-14(27)24-12-4-3-11(19)15(20)16(12)21/h3-8,10H,9H2,1-2H3,(H,24,27). The highest BCUT2D eigenvalue weighted by Crippen LogP contribution is 2.20. The van der Waals surface area contributed by atoms with Crippen LogP contribution in [-0.2, 0) is 11.3 Å². The van der Waals surface area contributed by atoms with E-state index in [1.807, 2.05) is 13.8 Å². The first-order valence-electron chi connectivity index (χ1n) is 8.14. The lowest BCUT2D eigenvalue weighted by molar-refractivity contribution is -0.116. The lowest BCUT2D eigenvalue weighted by Gasteiger charge is -2.10. The highest BCUT2D eigenvalue weighted by Gasteiger charge is 2.17. The number of nitrogens with zero attached hydrogens (tertiary/aromatic N) is 4. The second kappa shape index (κ2) is 7.56. The van der Waals surface area contributed by atoms with Crippen molar-refractivity contribution in [3.8, 4) is 11.5 Å². The zero-order valence-electron chi connectivity index (χ0n) is 14.6. The van der Waals surface area contributed by atoms with Crippen LogP contribution < -0.4 is 5.32 Å². The molecule has 0 spiro atoms. The van der Waals surface area contributed by atoms with E-state index in [4.69, 9.17) is 0 Å². The van der Waals surface area contributed by atoms with Gasteiger partial charge >= 0.3 is 0 Å². The third-order valence-corrected chi connectivity index (χ3v) is 3.76. The molecule has 0 aliphatic heterocycles. The van der Waals surface area contributed by atoms with Gasteiger partial charge in [-0.3, -0.25) is 4.79 Å². The van der Waals surface area contributed by atoms with Crippen LogP contribution in [0.5, 0.6) is 0 Å². The van der Waals surface area contributed by atoms with E-state index in [-0.39, 0.29) is 12.5 Å². The first-order chi connectivity index (χ1) is 12.9. The maximum atomic E-state index is 13.7. The number of rotatable bonds is 5. The van der Waals surface area contributed by atoms with Crippen molar-refractivity contribution < 1.29 is 18.0 Å². The van der Waals surface area contributed by atoms with Gasteiger partial charge in [-0.05, 0) is 18.2 Å². The summed E-state index contributed by atoms with van der Waals surface area (Å²) >= 11 is 0. The van der Waals surface area contributed by atoms with Gasteiger partial charge < -0.3 is 9.88 Å². The summed E-state index contributed by atoms with van der Waals surface area (Å²) in [5.74, 6) is -3.86. The van der Waals surface area contributed by atoms with Crippen molar-refractivity contribution >= 4 is 11.6 Å². The van der Waals surface area contributed by atoms with Crippen LogP contribution in [0.4, 0.5) is 18.9 Å². The molecule has 0 aliphatic rings. The number of imidazole rings is 1. The number of carbonyl (C=O) groups is 1. The number of hydrogen-bond donors (Lipinski definition) is 1. The Hall–Kier alpha value is -3.23. The van der Waals surface area contributed by atoms with Crippen LogP contribution in [0, 0.1) is 17.5 Å². The van der Waals surface area contributed by atoms with Crippen molar-refractivity contribution in [1.82, 2.24) is 19.5 Å². The van der Waals surface area contributed by atoms with Crippen LogP contribution in [0.25, 0.3) is 11.5 Å². The molecule has 6 nitrogen and oxygen atoms in total. The first-order valence-corrected chi connectivity index (χ1v) is 8.14. The van der Waals surface area contributed by atoms with E-state index >= 15 is 0 Å². The molecule has 1 N–H and O–H groups in total. The van der Waals surface area contributed by atoms with E-state index in [0.29, 0.717) is 17.3 Å². The molecule has 1 amide bonds. The summed E-state index contributed by atoms with van der Waals surface area (Å²) in [4.78, 5) is 25.0. The fourth-order valence-electron chi connectivity index (χ4n) is 2.41. The van der Waals surface area contributed by atoms with Gasteiger partial charge in [0.1, 0.15) is 18.1 Å². The SMILES string of the molecule is CC(C)c1nccc(-c2nccn2CC(=O)Nc2ccc(F)c(F)c2F)n1. The third-order valence-electron chi connectivity index (χ3n) is 3.76. The smallest absolute Gasteiger partial charge is 0.244 e. The number of halogens is 3. The molecule has 0 radical (unpaired) electrons. The normalized spacial score (nSPS) is 11.0. The van der Waals surface area contributed by atoms with Gasteiger partial charge in [-0.15, -0.1) is 0 Å². The molecule has 9 heteroatoms. The fraction of sp³-hybridized carbons (Fsp3) is 0.222. The van der Waals surface area contributed by atoms with Crippen LogP contribution in [0.1, 0.15) is 25.6 Å². The third kappa shape index (κ3) is 3.97. The molecule has 140 valence electrons. The monoisotopic (exact) mass is 375 g/mol. The molecule has 1 aromatic carbocycles. The second-order valence-corrected chi connectivity index (χ2v) is 6.10. The largest absolute Gasteiger partial charge is 0.322 e. The lowest BCUT2D eigenvalue weighted by Crippen LogP contribution is -2.20. The van der Waals surface area contributed by atoms with Crippen LogP contribution in [0.3, 0.4) is 0 Å². The topological polar surface area (TPSA) is 72.7 Å². The number of amides is 1.